The van der Waals surface area contributed by atoms with Gasteiger partial charge in [-0.05, 0) is 47.4 Å². The summed E-state index contributed by atoms with van der Waals surface area (Å²) in [6, 6.07) is 23.7. The minimum atomic E-state index is -1.80. The van der Waals surface area contributed by atoms with Crippen LogP contribution in [-0.2, 0) is 26.3 Å². The topological polar surface area (TPSA) is 110 Å². The van der Waals surface area contributed by atoms with Gasteiger partial charge < -0.3 is 5.11 Å². The third-order valence-corrected chi connectivity index (χ3v) is 7.13. The first kappa shape index (κ1) is 22.5. The number of carbonyl (C=O) groups excluding carboxylic acids is 2. The zero-order chi connectivity index (χ0) is 24.7. The molecular formula is C28H23N3O4. The summed E-state index contributed by atoms with van der Waals surface area (Å²) in [5.41, 5.74) is 1.19. The van der Waals surface area contributed by atoms with Crippen LogP contribution in [0.3, 0.4) is 0 Å². The van der Waals surface area contributed by atoms with E-state index in [9.17, 15) is 24.8 Å². The molecule has 4 atom stereocenters. The molecule has 174 valence electrons. The van der Waals surface area contributed by atoms with Crippen molar-refractivity contribution in [2.75, 3.05) is 4.90 Å². The molecule has 5 rings (SSSR count). The number of rotatable bonds is 5. The number of carbonyl (C=O) groups is 3. The summed E-state index contributed by atoms with van der Waals surface area (Å²) in [6.45, 7) is 2.01. The molecule has 0 spiro atoms. The highest BCUT2D eigenvalue weighted by Crippen LogP contribution is 2.53. The number of nitrogens with zero attached hydrogens (tertiary/aromatic N) is 2. The Morgan fingerprint density at radius 1 is 1.00 bits per heavy atom. The monoisotopic (exact) mass is 465 g/mol. The second-order valence-electron chi connectivity index (χ2n) is 8.87. The molecule has 0 radical (unpaired) electrons. The summed E-state index contributed by atoms with van der Waals surface area (Å²) in [5, 5.41) is 22.9. The maximum atomic E-state index is 13.9. The number of aryl methyl sites for hydroxylation is 1. The summed E-state index contributed by atoms with van der Waals surface area (Å²) < 4.78 is 0. The molecule has 3 aromatic carbocycles. The van der Waals surface area contributed by atoms with Gasteiger partial charge in [0.05, 0.1) is 29.2 Å². The fraction of sp³-hybridized carbons (Fsp3) is 0.214. The van der Waals surface area contributed by atoms with Gasteiger partial charge in [-0.25, -0.2) is 9.69 Å². The smallest absolute Gasteiger partial charge is 0.329 e. The molecule has 0 aromatic heterocycles. The summed E-state index contributed by atoms with van der Waals surface area (Å²) in [5.74, 6) is -4.29. The molecule has 2 heterocycles. The Hall–Kier alpha value is -4.28. The van der Waals surface area contributed by atoms with E-state index in [0.29, 0.717) is 22.4 Å². The number of carboxylic acids is 1. The maximum Gasteiger partial charge on any atom is 0.329 e. The van der Waals surface area contributed by atoms with Crippen molar-refractivity contribution in [1.29, 1.82) is 5.26 Å². The molecule has 2 N–H and O–H groups in total. The van der Waals surface area contributed by atoms with E-state index in [0.717, 1.165) is 16.9 Å². The van der Waals surface area contributed by atoms with Crippen molar-refractivity contribution in [3.8, 4) is 6.07 Å². The van der Waals surface area contributed by atoms with Crippen LogP contribution in [0.25, 0.3) is 0 Å². The zero-order valence-corrected chi connectivity index (χ0v) is 19.0. The number of benzene rings is 3. The van der Waals surface area contributed by atoms with Crippen molar-refractivity contribution in [2.24, 2.45) is 11.8 Å². The standard InChI is InChI=1S/C28H23N3O4/c1-2-17-10-14-21(15-11-17)31-25(32)22-23(26(31)33)28(27(34)35,20-6-4-3-5-7-20)30-24(22)19-12-8-18(16-29)9-13-19/h3-15,22-24,30H,2H2,1H3,(H,34,35). The average Bonchev–Trinajstić information content (AvgIpc) is 3.39. The van der Waals surface area contributed by atoms with Crippen molar-refractivity contribution >= 4 is 23.5 Å². The lowest BCUT2D eigenvalue weighted by Crippen LogP contribution is -2.53. The fourth-order valence-electron chi connectivity index (χ4n) is 5.38. The third-order valence-electron chi connectivity index (χ3n) is 7.13. The normalized spacial score (nSPS) is 25.4. The van der Waals surface area contributed by atoms with E-state index in [1.165, 1.54) is 0 Å². The SMILES string of the molecule is CCc1ccc(N2C(=O)C3C(c4ccc(C#N)cc4)NC(C(=O)O)(c4ccccc4)C3C2=O)cc1. The number of amides is 2. The van der Waals surface area contributed by atoms with Gasteiger partial charge in [-0.1, -0.05) is 61.5 Å². The van der Waals surface area contributed by atoms with Crippen LogP contribution in [0.15, 0.2) is 78.9 Å². The lowest BCUT2D eigenvalue weighted by atomic mass is 9.75. The molecular weight excluding hydrogens is 442 g/mol. The first-order valence-electron chi connectivity index (χ1n) is 11.5. The lowest BCUT2D eigenvalue weighted by Gasteiger charge is -2.31. The first-order chi connectivity index (χ1) is 16.9. The molecule has 7 nitrogen and oxygen atoms in total. The van der Waals surface area contributed by atoms with Crippen LogP contribution in [0.4, 0.5) is 5.69 Å². The van der Waals surface area contributed by atoms with Gasteiger partial charge in [-0.3, -0.25) is 14.9 Å². The number of anilines is 1. The Bertz CT molecular complexity index is 1350. The fourth-order valence-corrected chi connectivity index (χ4v) is 5.38. The zero-order valence-electron chi connectivity index (χ0n) is 19.0. The number of imide groups is 1. The summed E-state index contributed by atoms with van der Waals surface area (Å²) >= 11 is 0. The van der Waals surface area contributed by atoms with Gasteiger partial charge in [0.25, 0.3) is 0 Å². The van der Waals surface area contributed by atoms with Gasteiger partial charge in [0.2, 0.25) is 11.8 Å². The second-order valence-corrected chi connectivity index (χ2v) is 8.87. The molecule has 2 amide bonds. The molecule has 0 aliphatic carbocycles. The quantitative estimate of drug-likeness (QED) is 0.558. The highest BCUT2D eigenvalue weighted by atomic mass is 16.4. The number of fused-ring (bicyclic) bond motifs is 1. The molecule has 2 aliphatic rings. The van der Waals surface area contributed by atoms with Crippen molar-refractivity contribution in [2.45, 2.75) is 24.9 Å². The molecule has 3 aromatic rings. The third kappa shape index (κ3) is 3.34. The van der Waals surface area contributed by atoms with Gasteiger partial charge in [0, 0.05) is 6.04 Å². The molecule has 2 saturated heterocycles. The highest BCUT2D eigenvalue weighted by Gasteiger charge is 2.69. The lowest BCUT2D eigenvalue weighted by molar-refractivity contribution is -0.149. The first-order valence-corrected chi connectivity index (χ1v) is 11.5. The maximum absolute atomic E-state index is 13.9. The second kappa shape index (κ2) is 8.49. The number of hydrogen-bond donors (Lipinski definition) is 2. The van der Waals surface area contributed by atoms with E-state index in [2.05, 4.69) is 11.4 Å². The molecule has 7 heteroatoms. The largest absolute Gasteiger partial charge is 0.480 e. The Morgan fingerprint density at radius 3 is 2.23 bits per heavy atom. The van der Waals surface area contributed by atoms with Gasteiger partial charge in [-0.2, -0.15) is 5.26 Å². The Labute approximate surface area is 202 Å². The van der Waals surface area contributed by atoms with Crippen LogP contribution >= 0.6 is 0 Å². The van der Waals surface area contributed by atoms with Crippen molar-refractivity contribution < 1.29 is 19.5 Å². The van der Waals surface area contributed by atoms with Crippen molar-refractivity contribution in [3.05, 3.63) is 101 Å². The van der Waals surface area contributed by atoms with E-state index in [-0.39, 0.29) is 0 Å². The molecule has 0 bridgehead atoms. The van der Waals surface area contributed by atoms with Crippen LogP contribution < -0.4 is 10.2 Å². The molecule has 2 aliphatic heterocycles. The summed E-state index contributed by atoms with van der Waals surface area (Å²) in [4.78, 5) is 41.8. The Balaban J connectivity index is 1.68. The predicted octanol–water partition coefficient (Wildman–Crippen LogP) is 3.55. The van der Waals surface area contributed by atoms with E-state index in [4.69, 9.17) is 0 Å². The van der Waals surface area contributed by atoms with E-state index in [1.807, 2.05) is 19.1 Å². The number of aliphatic carboxylic acids is 1. The average molecular weight is 466 g/mol. The van der Waals surface area contributed by atoms with Gasteiger partial charge in [0.15, 0.2) is 5.54 Å². The van der Waals surface area contributed by atoms with Crippen molar-refractivity contribution in [3.63, 3.8) is 0 Å². The molecule has 4 unspecified atom stereocenters. The molecule has 0 saturated carbocycles. The van der Waals surface area contributed by atoms with Crippen LogP contribution in [-0.4, -0.2) is 22.9 Å². The van der Waals surface area contributed by atoms with E-state index < -0.39 is 41.2 Å². The van der Waals surface area contributed by atoms with E-state index in [1.54, 1.807) is 66.7 Å². The van der Waals surface area contributed by atoms with Crippen LogP contribution in [0, 0.1) is 23.2 Å². The Kier molecular flexibility index (Phi) is 5.46. The Morgan fingerprint density at radius 2 is 1.66 bits per heavy atom. The minimum Gasteiger partial charge on any atom is -0.480 e. The van der Waals surface area contributed by atoms with Crippen LogP contribution in [0.1, 0.15) is 35.2 Å². The van der Waals surface area contributed by atoms with Crippen LogP contribution in [0.5, 0.6) is 0 Å². The van der Waals surface area contributed by atoms with Gasteiger partial charge >= 0.3 is 5.97 Å². The summed E-state index contributed by atoms with van der Waals surface area (Å²) in [7, 11) is 0. The minimum absolute atomic E-state index is 0.406. The van der Waals surface area contributed by atoms with Gasteiger partial charge in [-0.15, -0.1) is 0 Å². The summed E-state index contributed by atoms with van der Waals surface area (Å²) in [6.07, 6.45) is 0.814. The van der Waals surface area contributed by atoms with Crippen LogP contribution in [0.2, 0.25) is 0 Å². The number of nitrogens with one attached hydrogen (secondary N) is 1. The predicted molar refractivity (Wildman–Crippen MR) is 128 cm³/mol. The number of nitriles is 1. The molecule has 2 fully saturated rings. The van der Waals surface area contributed by atoms with Gasteiger partial charge in [0.1, 0.15) is 0 Å². The van der Waals surface area contributed by atoms with Crippen molar-refractivity contribution in [1.82, 2.24) is 5.32 Å². The number of carboxylic acid groups (broad SMARTS) is 1. The highest BCUT2D eigenvalue weighted by molar-refractivity contribution is 6.24. The van der Waals surface area contributed by atoms with E-state index >= 15 is 0 Å². The number of hydrogen-bond acceptors (Lipinski definition) is 5. The molecule has 35 heavy (non-hydrogen) atoms.